The Balaban J connectivity index is 1.55. The summed E-state index contributed by atoms with van der Waals surface area (Å²) in [6.45, 7) is 2.89. The van der Waals surface area contributed by atoms with Crippen molar-refractivity contribution in [1.82, 2.24) is 9.71 Å². The molecule has 0 saturated carbocycles. The fourth-order valence-corrected chi connectivity index (χ4v) is 2.77. The average molecular weight is 330 g/mol. The number of hydrogen-bond donors (Lipinski definition) is 1. The van der Waals surface area contributed by atoms with Crippen LogP contribution in [0, 0.1) is 18.8 Å². The number of hydrogen-bond acceptors (Lipinski definition) is 3. The van der Waals surface area contributed by atoms with Crippen LogP contribution in [0.3, 0.4) is 0 Å². The predicted molar refractivity (Wildman–Crippen MR) is 101 cm³/mol. The van der Waals surface area contributed by atoms with Crippen LogP contribution in [0.5, 0.6) is 0 Å². The highest BCUT2D eigenvalue weighted by molar-refractivity contribution is 7.97. The lowest BCUT2D eigenvalue weighted by Crippen LogP contribution is -2.02. The zero-order valence-electron chi connectivity index (χ0n) is 13.5. The second-order valence-electron chi connectivity index (χ2n) is 5.42. The Morgan fingerprint density at radius 1 is 0.833 bits per heavy atom. The third kappa shape index (κ3) is 4.99. The SMILES string of the molecule is Cc1ccc(C#Cc2ccc(SNCc3ccncc3)cc2)cc1. The van der Waals surface area contributed by atoms with Gasteiger partial charge in [0.2, 0.25) is 0 Å². The molecule has 0 aliphatic heterocycles. The molecule has 0 spiro atoms. The summed E-state index contributed by atoms with van der Waals surface area (Å²) in [5.41, 5.74) is 4.53. The van der Waals surface area contributed by atoms with E-state index >= 15 is 0 Å². The molecular weight excluding hydrogens is 312 g/mol. The van der Waals surface area contributed by atoms with Gasteiger partial charge in [0, 0.05) is 35.0 Å². The van der Waals surface area contributed by atoms with E-state index in [9.17, 15) is 0 Å². The molecule has 1 aromatic heterocycles. The van der Waals surface area contributed by atoms with Crippen LogP contribution in [0.1, 0.15) is 22.3 Å². The second kappa shape index (κ2) is 8.35. The van der Waals surface area contributed by atoms with Crippen molar-refractivity contribution in [1.29, 1.82) is 0 Å². The van der Waals surface area contributed by atoms with Crippen LogP contribution in [-0.4, -0.2) is 4.98 Å². The van der Waals surface area contributed by atoms with E-state index < -0.39 is 0 Å². The van der Waals surface area contributed by atoms with Crippen molar-refractivity contribution in [2.45, 2.75) is 18.4 Å². The normalized spacial score (nSPS) is 10.0. The molecule has 0 saturated heterocycles. The number of nitrogens with one attached hydrogen (secondary N) is 1. The van der Waals surface area contributed by atoms with Crippen LogP contribution in [-0.2, 0) is 6.54 Å². The van der Waals surface area contributed by atoms with Crippen LogP contribution in [0.4, 0.5) is 0 Å². The highest BCUT2D eigenvalue weighted by Gasteiger charge is 1.95. The van der Waals surface area contributed by atoms with Crippen LogP contribution in [0.2, 0.25) is 0 Å². The number of rotatable bonds is 4. The first-order chi connectivity index (χ1) is 11.8. The molecular formula is C21H18N2S. The molecule has 1 heterocycles. The molecule has 3 heteroatoms. The van der Waals surface area contributed by atoms with E-state index in [1.165, 1.54) is 16.0 Å². The fourth-order valence-electron chi connectivity index (χ4n) is 2.09. The minimum absolute atomic E-state index is 0.808. The topological polar surface area (TPSA) is 24.9 Å². The highest BCUT2D eigenvalue weighted by Crippen LogP contribution is 2.15. The number of benzene rings is 2. The zero-order valence-corrected chi connectivity index (χ0v) is 14.3. The molecule has 3 aromatic rings. The first-order valence-electron chi connectivity index (χ1n) is 7.77. The van der Waals surface area contributed by atoms with Crippen molar-refractivity contribution >= 4 is 11.9 Å². The summed E-state index contributed by atoms with van der Waals surface area (Å²) in [5, 5.41) is 0. The molecule has 0 aliphatic carbocycles. The minimum atomic E-state index is 0.808. The van der Waals surface area contributed by atoms with Gasteiger partial charge in [-0.3, -0.25) is 9.71 Å². The van der Waals surface area contributed by atoms with E-state index in [4.69, 9.17) is 0 Å². The fraction of sp³-hybridized carbons (Fsp3) is 0.0952. The third-order valence-corrected chi connectivity index (χ3v) is 4.27. The van der Waals surface area contributed by atoms with Crippen molar-refractivity contribution in [3.05, 3.63) is 95.3 Å². The van der Waals surface area contributed by atoms with Gasteiger partial charge in [-0.1, -0.05) is 29.5 Å². The minimum Gasteiger partial charge on any atom is -0.265 e. The molecule has 24 heavy (non-hydrogen) atoms. The van der Waals surface area contributed by atoms with Crippen molar-refractivity contribution in [2.75, 3.05) is 0 Å². The zero-order chi connectivity index (χ0) is 16.6. The van der Waals surface area contributed by atoms with Gasteiger partial charge in [0.15, 0.2) is 0 Å². The van der Waals surface area contributed by atoms with E-state index in [-0.39, 0.29) is 0 Å². The van der Waals surface area contributed by atoms with Gasteiger partial charge < -0.3 is 0 Å². The van der Waals surface area contributed by atoms with Crippen molar-refractivity contribution < 1.29 is 0 Å². The first-order valence-corrected chi connectivity index (χ1v) is 8.59. The summed E-state index contributed by atoms with van der Waals surface area (Å²) in [6.07, 6.45) is 3.62. The van der Waals surface area contributed by atoms with E-state index in [2.05, 4.69) is 77.0 Å². The molecule has 118 valence electrons. The molecule has 3 rings (SSSR count). The Kier molecular flexibility index (Phi) is 5.68. The molecule has 2 aromatic carbocycles. The van der Waals surface area contributed by atoms with Gasteiger partial charge in [0.1, 0.15) is 0 Å². The standard InChI is InChI=1S/C21H18N2S/c1-17-2-4-18(5-3-17)6-7-19-8-10-21(11-9-19)24-23-16-20-12-14-22-15-13-20/h2-5,8-15,23H,16H2,1H3. The smallest absolute Gasteiger partial charge is 0.0314 e. The lowest BCUT2D eigenvalue weighted by atomic mass is 10.1. The maximum absolute atomic E-state index is 4.02. The Bertz CT molecular complexity index is 829. The highest BCUT2D eigenvalue weighted by atomic mass is 32.2. The summed E-state index contributed by atoms with van der Waals surface area (Å²) < 4.78 is 3.35. The Hall–Kier alpha value is -2.54. The molecule has 2 nitrogen and oxygen atoms in total. The quantitative estimate of drug-likeness (QED) is 0.559. The predicted octanol–water partition coefficient (Wildman–Crippen LogP) is 4.59. The number of nitrogens with zero attached hydrogens (tertiary/aromatic N) is 1. The second-order valence-corrected chi connectivity index (χ2v) is 6.38. The van der Waals surface area contributed by atoms with Gasteiger partial charge in [-0.25, -0.2) is 0 Å². The summed E-state index contributed by atoms with van der Waals surface area (Å²) in [5.74, 6) is 6.40. The average Bonchev–Trinajstić information content (AvgIpc) is 2.63. The van der Waals surface area contributed by atoms with Gasteiger partial charge in [-0.2, -0.15) is 0 Å². The molecule has 0 amide bonds. The van der Waals surface area contributed by atoms with Crippen LogP contribution < -0.4 is 4.72 Å². The lowest BCUT2D eigenvalue weighted by Gasteiger charge is -2.04. The lowest BCUT2D eigenvalue weighted by molar-refractivity contribution is 0.969. The van der Waals surface area contributed by atoms with Crippen molar-refractivity contribution in [3.63, 3.8) is 0 Å². The van der Waals surface area contributed by atoms with Gasteiger partial charge in [0.25, 0.3) is 0 Å². The maximum atomic E-state index is 4.02. The molecule has 0 bridgehead atoms. The summed E-state index contributed by atoms with van der Waals surface area (Å²) >= 11 is 1.62. The Labute approximate surface area is 147 Å². The van der Waals surface area contributed by atoms with Crippen LogP contribution in [0.25, 0.3) is 0 Å². The molecule has 0 aliphatic rings. The molecule has 0 fully saturated rings. The maximum Gasteiger partial charge on any atom is 0.0314 e. The van der Waals surface area contributed by atoms with E-state index in [0.717, 1.165) is 17.7 Å². The van der Waals surface area contributed by atoms with Gasteiger partial charge >= 0.3 is 0 Å². The Morgan fingerprint density at radius 2 is 1.42 bits per heavy atom. The summed E-state index contributed by atoms with van der Waals surface area (Å²) in [7, 11) is 0. The van der Waals surface area contributed by atoms with E-state index in [1.54, 1.807) is 11.9 Å². The summed E-state index contributed by atoms with van der Waals surface area (Å²) in [6, 6.07) is 20.6. The number of aryl methyl sites for hydroxylation is 1. The van der Waals surface area contributed by atoms with E-state index in [0.29, 0.717) is 0 Å². The Morgan fingerprint density at radius 3 is 2.04 bits per heavy atom. The third-order valence-electron chi connectivity index (χ3n) is 3.47. The molecule has 1 N–H and O–H groups in total. The van der Waals surface area contributed by atoms with Gasteiger partial charge in [-0.15, -0.1) is 0 Å². The molecule has 0 radical (unpaired) electrons. The first kappa shape index (κ1) is 16.3. The molecule has 0 unspecified atom stereocenters. The van der Waals surface area contributed by atoms with Crippen molar-refractivity contribution in [2.24, 2.45) is 0 Å². The van der Waals surface area contributed by atoms with Gasteiger partial charge in [0.05, 0.1) is 0 Å². The largest absolute Gasteiger partial charge is 0.265 e. The number of aromatic nitrogens is 1. The van der Waals surface area contributed by atoms with Crippen molar-refractivity contribution in [3.8, 4) is 11.8 Å². The monoisotopic (exact) mass is 330 g/mol. The summed E-state index contributed by atoms with van der Waals surface area (Å²) in [4.78, 5) is 5.19. The van der Waals surface area contributed by atoms with E-state index in [1.807, 2.05) is 24.5 Å². The van der Waals surface area contributed by atoms with Gasteiger partial charge in [-0.05, 0) is 73.0 Å². The number of pyridine rings is 1. The van der Waals surface area contributed by atoms with Crippen LogP contribution in [0.15, 0.2) is 78.0 Å². The van der Waals surface area contributed by atoms with Crippen LogP contribution >= 0.6 is 11.9 Å². The molecule has 0 atom stereocenters.